The Morgan fingerprint density at radius 3 is 2.00 bits per heavy atom. The van der Waals surface area contributed by atoms with Crippen LogP contribution in [-0.2, 0) is 6.61 Å². The SMILES string of the molecule is CC=Cc1cc(CO)c(C=Cc2ccc(N(c3ccc(C)cc3)c3ccc(OC)cc3)cc2)cc1OCC(CC)CCCC. The standard InChI is InChI=1S/C40H47NO3/c1-6-9-11-31(8-3)29-44-40-27-33(35(28-42)26-34(40)10-7-2)17-14-32-15-20-37(21-16-32)41(36-18-12-30(4)13-19-36)38-22-24-39(43-5)25-23-38/h7,10,12-27,31,42H,6,8-9,11,28-29H2,1-5H3. The largest absolute Gasteiger partial charge is 0.497 e. The summed E-state index contributed by atoms with van der Waals surface area (Å²) in [6, 6.07) is 29.3. The first-order valence-electron chi connectivity index (χ1n) is 15.8. The third-order valence-corrected chi connectivity index (χ3v) is 8.04. The van der Waals surface area contributed by atoms with E-state index in [9.17, 15) is 5.11 Å². The van der Waals surface area contributed by atoms with Gasteiger partial charge in [-0.2, -0.15) is 0 Å². The van der Waals surface area contributed by atoms with E-state index in [1.165, 1.54) is 24.8 Å². The number of hydrogen-bond acceptors (Lipinski definition) is 4. The van der Waals surface area contributed by atoms with E-state index in [0.717, 1.165) is 57.2 Å². The van der Waals surface area contributed by atoms with Gasteiger partial charge in [-0.05, 0) is 104 Å². The van der Waals surface area contributed by atoms with Gasteiger partial charge in [-0.1, -0.05) is 87.2 Å². The second-order valence-electron chi connectivity index (χ2n) is 11.3. The fraction of sp³-hybridized carbons (Fsp3) is 0.300. The summed E-state index contributed by atoms with van der Waals surface area (Å²) in [4.78, 5) is 2.24. The average molecular weight is 590 g/mol. The zero-order valence-electron chi connectivity index (χ0n) is 26.9. The van der Waals surface area contributed by atoms with Gasteiger partial charge in [0, 0.05) is 22.6 Å². The maximum atomic E-state index is 10.2. The highest BCUT2D eigenvalue weighted by atomic mass is 16.5. The van der Waals surface area contributed by atoms with Crippen LogP contribution in [0, 0.1) is 12.8 Å². The molecule has 4 rings (SSSR count). The molecule has 4 aromatic carbocycles. The van der Waals surface area contributed by atoms with Crippen LogP contribution < -0.4 is 14.4 Å². The molecular formula is C40H47NO3. The monoisotopic (exact) mass is 589 g/mol. The van der Waals surface area contributed by atoms with Crippen LogP contribution in [0.5, 0.6) is 11.5 Å². The van der Waals surface area contributed by atoms with E-state index in [0.29, 0.717) is 12.5 Å². The minimum absolute atomic E-state index is 0.0368. The molecule has 4 heteroatoms. The highest BCUT2D eigenvalue weighted by Gasteiger charge is 2.14. The van der Waals surface area contributed by atoms with Gasteiger partial charge >= 0.3 is 0 Å². The number of aryl methyl sites for hydroxylation is 1. The van der Waals surface area contributed by atoms with Crippen LogP contribution in [-0.4, -0.2) is 18.8 Å². The number of benzene rings is 4. The minimum atomic E-state index is -0.0368. The van der Waals surface area contributed by atoms with Crippen LogP contribution >= 0.6 is 0 Å². The number of aliphatic hydroxyl groups is 1. The molecule has 230 valence electrons. The fourth-order valence-corrected chi connectivity index (χ4v) is 5.28. The van der Waals surface area contributed by atoms with Crippen LogP contribution in [0.25, 0.3) is 18.2 Å². The van der Waals surface area contributed by atoms with Gasteiger partial charge in [-0.15, -0.1) is 0 Å². The molecule has 0 amide bonds. The topological polar surface area (TPSA) is 41.9 Å². The first-order valence-corrected chi connectivity index (χ1v) is 15.8. The first kappa shape index (κ1) is 32.6. The van der Waals surface area contributed by atoms with Crippen molar-refractivity contribution in [2.45, 2.75) is 60.0 Å². The van der Waals surface area contributed by atoms with Crippen molar-refractivity contribution in [3.63, 3.8) is 0 Å². The van der Waals surface area contributed by atoms with E-state index in [1.54, 1.807) is 7.11 Å². The number of ether oxygens (including phenoxy) is 2. The van der Waals surface area contributed by atoms with Crippen molar-refractivity contribution >= 4 is 35.3 Å². The van der Waals surface area contributed by atoms with Crippen molar-refractivity contribution in [2.75, 3.05) is 18.6 Å². The van der Waals surface area contributed by atoms with Crippen LogP contribution in [0.2, 0.25) is 0 Å². The molecule has 0 spiro atoms. The molecule has 4 nitrogen and oxygen atoms in total. The van der Waals surface area contributed by atoms with Gasteiger partial charge in [0.15, 0.2) is 0 Å². The molecule has 0 aromatic heterocycles. The third-order valence-electron chi connectivity index (χ3n) is 8.04. The third kappa shape index (κ3) is 8.64. The van der Waals surface area contributed by atoms with Crippen LogP contribution in [0.4, 0.5) is 17.1 Å². The Kier molecular flexibility index (Phi) is 12.3. The summed E-state index contributed by atoms with van der Waals surface area (Å²) in [5.41, 5.74) is 8.33. The molecule has 0 saturated carbocycles. The van der Waals surface area contributed by atoms with Gasteiger partial charge in [0.05, 0.1) is 20.3 Å². The van der Waals surface area contributed by atoms with Gasteiger partial charge < -0.3 is 19.5 Å². The Morgan fingerprint density at radius 2 is 1.43 bits per heavy atom. The van der Waals surface area contributed by atoms with E-state index in [-0.39, 0.29) is 6.61 Å². The molecule has 0 bridgehead atoms. The molecule has 0 fully saturated rings. The normalized spacial score (nSPS) is 12.1. The lowest BCUT2D eigenvalue weighted by Crippen LogP contribution is -2.12. The van der Waals surface area contributed by atoms with Gasteiger partial charge in [-0.3, -0.25) is 0 Å². The van der Waals surface area contributed by atoms with E-state index < -0.39 is 0 Å². The van der Waals surface area contributed by atoms with Crippen LogP contribution in [0.3, 0.4) is 0 Å². The summed E-state index contributed by atoms with van der Waals surface area (Å²) >= 11 is 0. The summed E-state index contributed by atoms with van der Waals surface area (Å²) in [5, 5.41) is 10.2. The quantitative estimate of drug-likeness (QED) is 0.140. The second kappa shape index (κ2) is 16.5. The smallest absolute Gasteiger partial charge is 0.127 e. The molecule has 1 atom stereocenters. The number of methoxy groups -OCH3 is 1. The lowest BCUT2D eigenvalue weighted by atomic mass is 9.99. The number of anilines is 3. The summed E-state index contributed by atoms with van der Waals surface area (Å²) in [6.07, 6.45) is 12.9. The molecule has 4 aromatic rings. The average Bonchev–Trinajstić information content (AvgIpc) is 3.06. The summed E-state index contributed by atoms with van der Waals surface area (Å²) < 4.78 is 11.8. The minimum Gasteiger partial charge on any atom is -0.497 e. The van der Waals surface area contributed by atoms with Crippen LogP contribution in [0.1, 0.15) is 74.3 Å². The van der Waals surface area contributed by atoms with E-state index in [2.05, 4.69) is 111 Å². The predicted octanol–water partition coefficient (Wildman–Crippen LogP) is 10.8. The molecule has 1 unspecified atom stereocenters. The number of rotatable bonds is 15. The van der Waals surface area contributed by atoms with Crippen molar-refractivity contribution < 1.29 is 14.6 Å². The van der Waals surface area contributed by atoms with Crippen molar-refractivity contribution in [3.05, 3.63) is 119 Å². The number of hydrogen-bond donors (Lipinski definition) is 1. The zero-order chi connectivity index (χ0) is 31.3. The lowest BCUT2D eigenvalue weighted by Gasteiger charge is -2.26. The summed E-state index contributed by atoms with van der Waals surface area (Å²) in [6.45, 7) is 9.25. The summed E-state index contributed by atoms with van der Waals surface area (Å²) in [7, 11) is 1.68. The maximum Gasteiger partial charge on any atom is 0.127 e. The van der Waals surface area contributed by atoms with Crippen molar-refractivity contribution in [2.24, 2.45) is 5.92 Å². The molecular weight excluding hydrogens is 542 g/mol. The van der Waals surface area contributed by atoms with Gasteiger partial charge in [0.25, 0.3) is 0 Å². The molecule has 0 aliphatic rings. The van der Waals surface area contributed by atoms with Gasteiger partial charge in [0.1, 0.15) is 11.5 Å². The number of nitrogens with zero attached hydrogens (tertiary/aromatic N) is 1. The molecule has 0 radical (unpaired) electrons. The molecule has 1 N–H and O–H groups in total. The summed E-state index contributed by atoms with van der Waals surface area (Å²) in [5.74, 6) is 2.23. The molecule has 0 aliphatic heterocycles. The highest BCUT2D eigenvalue weighted by molar-refractivity contribution is 5.79. The Morgan fingerprint density at radius 1 is 0.795 bits per heavy atom. The number of allylic oxidation sites excluding steroid dienone is 1. The first-order chi connectivity index (χ1) is 21.5. The van der Waals surface area contributed by atoms with E-state index >= 15 is 0 Å². The van der Waals surface area contributed by atoms with E-state index in [1.807, 2.05) is 31.2 Å². The van der Waals surface area contributed by atoms with E-state index in [4.69, 9.17) is 9.47 Å². The lowest BCUT2D eigenvalue weighted by molar-refractivity contribution is 0.232. The maximum absolute atomic E-state index is 10.2. The Hall–Kier alpha value is -4.28. The predicted molar refractivity (Wildman–Crippen MR) is 187 cm³/mol. The van der Waals surface area contributed by atoms with Crippen LogP contribution in [0.15, 0.2) is 91.0 Å². The Balaban J connectivity index is 1.60. The zero-order valence-corrected chi connectivity index (χ0v) is 26.9. The number of aliphatic hydroxyl groups excluding tert-OH is 1. The second-order valence-corrected chi connectivity index (χ2v) is 11.3. The fourth-order valence-electron chi connectivity index (χ4n) is 5.28. The Bertz CT molecular complexity index is 1500. The number of unbranched alkanes of at least 4 members (excludes halogenated alkanes) is 1. The molecule has 44 heavy (non-hydrogen) atoms. The Labute approximate surface area is 264 Å². The molecule has 0 aliphatic carbocycles. The van der Waals surface area contributed by atoms with Gasteiger partial charge in [-0.25, -0.2) is 0 Å². The van der Waals surface area contributed by atoms with Crippen molar-refractivity contribution in [1.29, 1.82) is 0 Å². The van der Waals surface area contributed by atoms with Crippen molar-refractivity contribution in [3.8, 4) is 11.5 Å². The molecule has 0 heterocycles. The van der Waals surface area contributed by atoms with Gasteiger partial charge in [0.2, 0.25) is 0 Å². The highest BCUT2D eigenvalue weighted by Crippen LogP contribution is 2.36. The van der Waals surface area contributed by atoms with Crippen molar-refractivity contribution in [1.82, 2.24) is 0 Å². The molecule has 0 saturated heterocycles.